The van der Waals surface area contributed by atoms with Gasteiger partial charge in [0.2, 0.25) is 18.0 Å². The van der Waals surface area contributed by atoms with Crippen molar-refractivity contribution in [3.63, 3.8) is 0 Å². The summed E-state index contributed by atoms with van der Waals surface area (Å²) in [4.78, 5) is 14.1. The Morgan fingerprint density at radius 2 is 2.27 bits per heavy atom. The number of carbonyl (C=O) groups excluding carboxylic acids is 1. The summed E-state index contributed by atoms with van der Waals surface area (Å²) in [5.74, 6) is 0.507. The summed E-state index contributed by atoms with van der Waals surface area (Å²) < 4.78 is 9.43. The van der Waals surface area contributed by atoms with E-state index in [0.717, 1.165) is 0 Å². The van der Waals surface area contributed by atoms with E-state index in [1.54, 1.807) is 12.1 Å². The van der Waals surface area contributed by atoms with Gasteiger partial charge in [0.25, 0.3) is 5.89 Å². The van der Waals surface area contributed by atoms with Crippen molar-refractivity contribution in [2.24, 2.45) is 0 Å². The van der Waals surface area contributed by atoms with E-state index < -0.39 is 0 Å². The minimum atomic E-state index is -0.0948. The Morgan fingerprint density at radius 1 is 1.40 bits per heavy atom. The summed E-state index contributed by atoms with van der Waals surface area (Å²) in [6.45, 7) is 0. The van der Waals surface area contributed by atoms with E-state index in [1.807, 2.05) is 0 Å². The lowest BCUT2D eigenvalue weighted by Gasteiger charge is -1.96. The first kappa shape index (κ1) is 9.25. The van der Waals surface area contributed by atoms with Crippen LogP contribution in [0.2, 0.25) is 0 Å². The van der Waals surface area contributed by atoms with Crippen molar-refractivity contribution in [2.45, 2.75) is 0 Å². The van der Waals surface area contributed by atoms with Crippen molar-refractivity contribution in [3.05, 3.63) is 18.0 Å². The predicted octanol–water partition coefficient (Wildman–Crippen LogP) is 0.348. The van der Waals surface area contributed by atoms with Crippen LogP contribution in [-0.4, -0.2) is 33.7 Å². The van der Waals surface area contributed by atoms with Crippen molar-refractivity contribution in [1.29, 1.82) is 0 Å². The lowest BCUT2D eigenvalue weighted by Crippen LogP contribution is -1.93. The van der Waals surface area contributed by atoms with Gasteiger partial charge in [-0.2, -0.15) is 4.98 Å². The van der Waals surface area contributed by atoms with Gasteiger partial charge in [-0.1, -0.05) is 5.16 Å². The molecule has 0 fully saturated rings. The monoisotopic (exact) mass is 206 g/mol. The van der Waals surface area contributed by atoms with Gasteiger partial charge in [-0.3, -0.25) is 4.79 Å². The molecule has 0 aliphatic rings. The van der Waals surface area contributed by atoms with Crippen molar-refractivity contribution < 1.29 is 14.1 Å². The topological polar surface area (TPSA) is 91.0 Å². The van der Waals surface area contributed by atoms with Crippen LogP contribution in [0.4, 0.5) is 0 Å². The van der Waals surface area contributed by atoms with E-state index in [9.17, 15) is 4.79 Å². The molecule has 0 N–H and O–H groups in total. The highest BCUT2D eigenvalue weighted by Crippen LogP contribution is 2.13. The minimum Gasteiger partial charge on any atom is -0.480 e. The van der Waals surface area contributed by atoms with Crippen LogP contribution < -0.4 is 4.74 Å². The number of nitrogens with zero attached hydrogens (tertiary/aromatic N) is 4. The molecule has 0 aromatic carbocycles. The summed E-state index contributed by atoms with van der Waals surface area (Å²) in [6.07, 6.45) is 0.466. The molecule has 2 aromatic rings. The lowest BCUT2D eigenvalue weighted by molar-refractivity contribution is 0.108. The van der Waals surface area contributed by atoms with Crippen LogP contribution in [0, 0.1) is 0 Å². The second kappa shape index (κ2) is 3.82. The van der Waals surface area contributed by atoms with Crippen molar-refractivity contribution in [2.75, 3.05) is 7.11 Å². The van der Waals surface area contributed by atoms with Crippen molar-refractivity contribution >= 4 is 6.29 Å². The van der Waals surface area contributed by atoms with Crippen LogP contribution in [0.1, 0.15) is 10.7 Å². The highest BCUT2D eigenvalue weighted by molar-refractivity contribution is 5.68. The van der Waals surface area contributed by atoms with Crippen LogP contribution in [0.5, 0.6) is 5.88 Å². The smallest absolute Gasteiger partial charge is 0.291 e. The van der Waals surface area contributed by atoms with Crippen molar-refractivity contribution in [3.8, 4) is 17.4 Å². The molecule has 76 valence electrons. The molecule has 0 radical (unpaired) electrons. The first-order valence-corrected chi connectivity index (χ1v) is 4.00. The van der Waals surface area contributed by atoms with Gasteiger partial charge in [-0.25, -0.2) is 0 Å². The maximum absolute atomic E-state index is 10.3. The summed E-state index contributed by atoms with van der Waals surface area (Å²) in [5.41, 5.74) is 0.410. The Morgan fingerprint density at radius 3 is 2.80 bits per heavy atom. The second-order valence-electron chi connectivity index (χ2n) is 2.54. The van der Waals surface area contributed by atoms with Crippen LogP contribution in [0.15, 0.2) is 16.7 Å². The van der Waals surface area contributed by atoms with Crippen molar-refractivity contribution in [1.82, 2.24) is 20.3 Å². The summed E-state index contributed by atoms with van der Waals surface area (Å²) in [6, 6.07) is 3.23. The molecule has 0 unspecified atom stereocenters. The maximum atomic E-state index is 10.3. The molecule has 7 nitrogen and oxygen atoms in total. The quantitative estimate of drug-likeness (QED) is 0.669. The normalized spacial score (nSPS) is 9.93. The van der Waals surface area contributed by atoms with Gasteiger partial charge in [0.1, 0.15) is 5.69 Å². The van der Waals surface area contributed by atoms with E-state index in [4.69, 9.17) is 4.74 Å². The van der Waals surface area contributed by atoms with Gasteiger partial charge in [0, 0.05) is 6.07 Å². The molecule has 0 spiro atoms. The van der Waals surface area contributed by atoms with Gasteiger partial charge in [-0.05, 0) is 6.07 Å². The molecule has 0 aliphatic carbocycles. The molecule has 0 saturated carbocycles. The Balaban J connectivity index is 2.32. The molecular formula is C8H6N4O3. The predicted molar refractivity (Wildman–Crippen MR) is 47.3 cm³/mol. The third kappa shape index (κ3) is 1.80. The molecule has 0 atom stereocenters. The van der Waals surface area contributed by atoms with Gasteiger partial charge in [0.05, 0.1) is 7.11 Å². The number of aromatic nitrogens is 4. The average Bonchev–Trinajstić information content (AvgIpc) is 2.78. The first-order valence-electron chi connectivity index (χ1n) is 4.00. The van der Waals surface area contributed by atoms with Crippen LogP contribution in [0.3, 0.4) is 0 Å². The zero-order chi connectivity index (χ0) is 10.7. The molecule has 2 rings (SSSR count). The number of hydrogen-bond acceptors (Lipinski definition) is 7. The zero-order valence-electron chi connectivity index (χ0n) is 7.75. The molecule has 0 bridgehead atoms. The van der Waals surface area contributed by atoms with Crippen LogP contribution in [-0.2, 0) is 0 Å². The van der Waals surface area contributed by atoms with Gasteiger partial charge in [0.15, 0.2) is 0 Å². The molecule has 15 heavy (non-hydrogen) atoms. The summed E-state index contributed by atoms with van der Waals surface area (Å²) in [7, 11) is 1.49. The lowest BCUT2D eigenvalue weighted by atomic mass is 10.4. The zero-order valence-corrected chi connectivity index (χ0v) is 7.75. The molecule has 7 heteroatoms. The highest BCUT2D eigenvalue weighted by Gasteiger charge is 2.09. The highest BCUT2D eigenvalue weighted by atomic mass is 16.5. The van der Waals surface area contributed by atoms with Crippen LogP contribution >= 0.6 is 0 Å². The first-order chi connectivity index (χ1) is 7.33. The Bertz CT molecular complexity index is 465. The molecule has 2 heterocycles. The number of methoxy groups -OCH3 is 1. The maximum Gasteiger partial charge on any atom is 0.291 e. The molecule has 2 aromatic heterocycles. The third-order valence-electron chi connectivity index (χ3n) is 1.62. The van der Waals surface area contributed by atoms with Gasteiger partial charge >= 0.3 is 0 Å². The van der Waals surface area contributed by atoms with E-state index >= 15 is 0 Å². The van der Waals surface area contributed by atoms with Gasteiger partial charge < -0.3 is 9.26 Å². The Labute approximate surface area is 84.1 Å². The van der Waals surface area contributed by atoms with E-state index in [1.165, 1.54) is 7.11 Å². The SMILES string of the molecule is COc1ccc(-c2noc(C=O)n2)nn1. The van der Waals surface area contributed by atoms with Gasteiger partial charge in [-0.15, -0.1) is 10.2 Å². The fraction of sp³-hybridized carbons (Fsp3) is 0.125. The van der Waals surface area contributed by atoms with E-state index in [2.05, 4.69) is 24.9 Å². The molecule has 0 amide bonds. The number of ether oxygens (including phenoxy) is 1. The second-order valence-corrected chi connectivity index (χ2v) is 2.54. The summed E-state index contributed by atoms with van der Waals surface area (Å²) >= 11 is 0. The minimum absolute atomic E-state index is 0.0948. The number of hydrogen-bond donors (Lipinski definition) is 0. The van der Waals surface area contributed by atoms with E-state index in [-0.39, 0.29) is 11.7 Å². The molecular weight excluding hydrogens is 200 g/mol. The standard InChI is InChI=1S/C8H6N4O3/c1-14-6-3-2-5(10-11-6)8-9-7(4-13)15-12-8/h2-4H,1H3. The van der Waals surface area contributed by atoms with E-state index in [0.29, 0.717) is 17.9 Å². The van der Waals surface area contributed by atoms with Crippen LogP contribution in [0.25, 0.3) is 11.5 Å². The average molecular weight is 206 g/mol. The molecule has 0 saturated heterocycles. The fourth-order valence-corrected chi connectivity index (χ4v) is 0.935. The Hall–Kier alpha value is -2.31. The molecule has 0 aliphatic heterocycles. The Kier molecular flexibility index (Phi) is 2.36. The number of rotatable bonds is 3. The summed E-state index contributed by atoms with van der Waals surface area (Å²) in [5, 5.41) is 11.1. The number of aldehydes is 1. The fourth-order valence-electron chi connectivity index (χ4n) is 0.935. The number of carbonyl (C=O) groups is 1. The third-order valence-corrected chi connectivity index (χ3v) is 1.62. The largest absolute Gasteiger partial charge is 0.480 e.